The van der Waals surface area contributed by atoms with Crippen LogP contribution in [0.15, 0.2) is 48.5 Å². The van der Waals surface area contributed by atoms with Gasteiger partial charge in [0.25, 0.3) is 0 Å². The highest BCUT2D eigenvalue weighted by Gasteiger charge is 2.19. The number of rotatable bonds is 2. The van der Waals surface area contributed by atoms with Crippen LogP contribution >= 0.6 is 0 Å². The zero-order valence-electron chi connectivity index (χ0n) is 14.3. The quantitative estimate of drug-likeness (QED) is 0.549. The van der Waals surface area contributed by atoms with E-state index in [1.165, 1.54) is 36.8 Å². The van der Waals surface area contributed by atoms with Gasteiger partial charge in [0.1, 0.15) is 0 Å². The Morgan fingerprint density at radius 3 is 1.79 bits per heavy atom. The van der Waals surface area contributed by atoms with Gasteiger partial charge in [-0.05, 0) is 66.5 Å². The van der Waals surface area contributed by atoms with Gasteiger partial charge < -0.3 is 0 Å². The molecule has 2 aromatic rings. The largest absolute Gasteiger partial charge is 0.0776 e. The summed E-state index contributed by atoms with van der Waals surface area (Å²) in [6.07, 6.45) is 6.51. The van der Waals surface area contributed by atoms with Crippen LogP contribution in [-0.2, 0) is 6.42 Å². The van der Waals surface area contributed by atoms with E-state index in [1.807, 2.05) is 0 Å². The molecule has 0 nitrogen and oxygen atoms in total. The SMILES string of the molecule is C.CCc1ccc(C#Cc2ccc(C3CCC(C)CC3)cc2)cc1. The zero-order chi connectivity index (χ0) is 16.1. The van der Waals surface area contributed by atoms with Crippen molar-refractivity contribution in [1.82, 2.24) is 0 Å². The first-order chi connectivity index (χ1) is 11.2. The number of benzene rings is 2. The third-order valence-electron chi connectivity index (χ3n) is 5.11. The Bertz CT molecular complexity index is 672. The van der Waals surface area contributed by atoms with Gasteiger partial charge in [-0.2, -0.15) is 0 Å². The minimum Gasteiger partial charge on any atom is -0.0776 e. The van der Waals surface area contributed by atoms with E-state index in [2.05, 4.69) is 74.2 Å². The summed E-state index contributed by atoms with van der Waals surface area (Å²) < 4.78 is 0. The monoisotopic (exact) mass is 318 g/mol. The first-order valence-corrected chi connectivity index (χ1v) is 8.95. The molecular weight excluding hydrogens is 288 g/mol. The number of hydrogen-bond donors (Lipinski definition) is 0. The van der Waals surface area contributed by atoms with Gasteiger partial charge in [-0.15, -0.1) is 0 Å². The highest BCUT2D eigenvalue weighted by molar-refractivity contribution is 5.44. The maximum atomic E-state index is 3.29. The summed E-state index contributed by atoms with van der Waals surface area (Å²) in [6.45, 7) is 4.55. The molecule has 0 aromatic heterocycles. The molecule has 0 N–H and O–H groups in total. The van der Waals surface area contributed by atoms with Gasteiger partial charge in [-0.1, -0.05) is 70.2 Å². The molecule has 2 aromatic carbocycles. The lowest BCUT2D eigenvalue weighted by Crippen LogP contribution is -2.10. The van der Waals surface area contributed by atoms with Gasteiger partial charge in [-0.25, -0.2) is 0 Å². The molecular formula is C24H30. The fourth-order valence-electron chi connectivity index (χ4n) is 3.40. The third kappa shape index (κ3) is 4.75. The molecule has 3 rings (SSSR count). The van der Waals surface area contributed by atoms with Crippen LogP contribution < -0.4 is 0 Å². The standard InChI is InChI=1S/C23H26.CH4/c1-3-19-6-8-20(9-7-19)10-11-21-12-16-23(17-13-21)22-14-4-18(2)5-15-22;/h6-9,12-13,16-18,22H,3-5,14-15H2,1-2H3;1H4. The van der Waals surface area contributed by atoms with Crippen molar-refractivity contribution >= 4 is 0 Å². The van der Waals surface area contributed by atoms with Crippen molar-refractivity contribution in [3.8, 4) is 11.8 Å². The van der Waals surface area contributed by atoms with Crippen LogP contribution in [0.3, 0.4) is 0 Å². The molecule has 0 radical (unpaired) electrons. The van der Waals surface area contributed by atoms with E-state index in [4.69, 9.17) is 0 Å². The predicted molar refractivity (Wildman–Crippen MR) is 105 cm³/mol. The second-order valence-electron chi connectivity index (χ2n) is 6.88. The second-order valence-corrected chi connectivity index (χ2v) is 6.88. The zero-order valence-corrected chi connectivity index (χ0v) is 14.3. The number of aryl methyl sites for hydroxylation is 1. The molecule has 0 amide bonds. The van der Waals surface area contributed by atoms with Crippen LogP contribution in [-0.4, -0.2) is 0 Å². The fraction of sp³-hybridized carbons (Fsp3) is 0.417. The third-order valence-corrected chi connectivity index (χ3v) is 5.11. The molecule has 1 aliphatic carbocycles. The molecule has 0 bridgehead atoms. The van der Waals surface area contributed by atoms with Crippen molar-refractivity contribution in [2.24, 2.45) is 5.92 Å². The van der Waals surface area contributed by atoms with Gasteiger partial charge in [0.15, 0.2) is 0 Å². The van der Waals surface area contributed by atoms with Crippen molar-refractivity contribution in [3.05, 3.63) is 70.8 Å². The Balaban J connectivity index is 0.00000208. The topological polar surface area (TPSA) is 0 Å². The van der Waals surface area contributed by atoms with Crippen LogP contribution in [0, 0.1) is 17.8 Å². The van der Waals surface area contributed by atoms with E-state index in [1.54, 1.807) is 0 Å². The first kappa shape index (κ1) is 18.3. The van der Waals surface area contributed by atoms with Crippen LogP contribution in [0.1, 0.15) is 75.1 Å². The van der Waals surface area contributed by atoms with Gasteiger partial charge in [-0.3, -0.25) is 0 Å². The van der Waals surface area contributed by atoms with Crippen molar-refractivity contribution in [2.75, 3.05) is 0 Å². The summed E-state index contributed by atoms with van der Waals surface area (Å²) in [7, 11) is 0. The summed E-state index contributed by atoms with van der Waals surface area (Å²) in [6, 6.07) is 17.5. The van der Waals surface area contributed by atoms with E-state index in [9.17, 15) is 0 Å². The maximum absolute atomic E-state index is 3.29. The van der Waals surface area contributed by atoms with Gasteiger partial charge >= 0.3 is 0 Å². The van der Waals surface area contributed by atoms with Gasteiger partial charge in [0, 0.05) is 11.1 Å². The van der Waals surface area contributed by atoms with Crippen LogP contribution in [0.2, 0.25) is 0 Å². The van der Waals surface area contributed by atoms with Crippen molar-refractivity contribution in [2.45, 2.75) is 59.3 Å². The van der Waals surface area contributed by atoms with E-state index in [0.29, 0.717) is 0 Å². The average molecular weight is 319 g/mol. The Morgan fingerprint density at radius 2 is 1.29 bits per heavy atom. The molecule has 126 valence electrons. The van der Waals surface area contributed by atoms with E-state index >= 15 is 0 Å². The lowest BCUT2D eigenvalue weighted by Gasteiger charge is -2.26. The lowest BCUT2D eigenvalue weighted by atomic mass is 9.79. The molecule has 0 heteroatoms. The summed E-state index contributed by atoms with van der Waals surface area (Å²) in [5, 5.41) is 0. The average Bonchev–Trinajstić information content (AvgIpc) is 2.61. The molecule has 0 heterocycles. The highest BCUT2D eigenvalue weighted by Crippen LogP contribution is 2.35. The molecule has 0 saturated heterocycles. The van der Waals surface area contributed by atoms with E-state index in [-0.39, 0.29) is 7.43 Å². The minimum atomic E-state index is 0. The van der Waals surface area contributed by atoms with Crippen LogP contribution in [0.4, 0.5) is 0 Å². The molecule has 0 unspecified atom stereocenters. The molecule has 1 fully saturated rings. The Hall–Kier alpha value is -2.00. The van der Waals surface area contributed by atoms with Crippen LogP contribution in [0.5, 0.6) is 0 Å². The summed E-state index contributed by atoms with van der Waals surface area (Å²) in [5.41, 5.74) is 5.06. The van der Waals surface area contributed by atoms with Crippen molar-refractivity contribution < 1.29 is 0 Å². The van der Waals surface area contributed by atoms with Crippen molar-refractivity contribution in [1.29, 1.82) is 0 Å². The summed E-state index contributed by atoms with van der Waals surface area (Å²) in [5.74, 6) is 8.22. The Kier molecular flexibility index (Phi) is 6.68. The molecule has 0 aliphatic heterocycles. The summed E-state index contributed by atoms with van der Waals surface area (Å²) in [4.78, 5) is 0. The normalized spacial score (nSPS) is 19.8. The van der Waals surface area contributed by atoms with Gasteiger partial charge in [0.05, 0.1) is 0 Å². The highest BCUT2D eigenvalue weighted by atomic mass is 14.2. The smallest absolute Gasteiger partial charge is 0.0249 e. The Morgan fingerprint density at radius 1 is 0.792 bits per heavy atom. The first-order valence-electron chi connectivity index (χ1n) is 8.95. The Labute approximate surface area is 148 Å². The van der Waals surface area contributed by atoms with Crippen molar-refractivity contribution in [3.63, 3.8) is 0 Å². The molecule has 1 aliphatic rings. The molecule has 24 heavy (non-hydrogen) atoms. The fourth-order valence-corrected chi connectivity index (χ4v) is 3.40. The molecule has 0 spiro atoms. The summed E-state index contributed by atoms with van der Waals surface area (Å²) >= 11 is 0. The molecule has 1 saturated carbocycles. The van der Waals surface area contributed by atoms with E-state index in [0.717, 1.165) is 29.4 Å². The second kappa shape index (κ2) is 8.74. The number of hydrogen-bond acceptors (Lipinski definition) is 0. The molecule has 0 atom stereocenters. The maximum Gasteiger partial charge on any atom is 0.0249 e. The predicted octanol–water partition coefficient (Wildman–Crippen LogP) is 6.58. The lowest BCUT2D eigenvalue weighted by molar-refractivity contribution is 0.348. The van der Waals surface area contributed by atoms with E-state index < -0.39 is 0 Å². The minimum absolute atomic E-state index is 0. The van der Waals surface area contributed by atoms with Gasteiger partial charge in [0.2, 0.25) is 0 Å². The van der Waals surface area contributed by atoms with Crippen LogP contribution in [0.25, 0.3) is 0 Å².